The van der Waals surface area contributed by atoms with Crippen molar-refractivity contribution in [2.45, 2.75) is 70.7 Å². The Morgan fingerprint density at radius 1 is 1.29 bits per heavy atom. The van der Waals surface area contributed by atoms with Gasteiger partial charge < -0.3 is 14.2 Å². The van der Waals surface area contributed by atoms with Crippen LogP contribution in [0.25, 0.3) is 11.5 Å². The van der Waals surface area contributed by atoms with Crippen LogP contribution in [0, 0.1) is 5.92 Å². The number of aryl methyl sites for hydroxylation is 1. The van der Waals surface area contributed by atoms with Crippen LogP contribution in [-0.2, 0) is 29.2 Å². The lowest BCUT2D eigenvalue weighted by Gasteiger charge is -2.34. The van der Waals surface area contributed by atoms with Crippen molar-refractivity contribution in [2.75, 3.05) is 13.1 Å². The smallest absolute Gasteiger partial charge is 0.222 e. The normalized spacial score (nSPS) is 25.0. The molecule has 8 nitrogen and oxygen atoms in total. The second-order valence-corrected chi connectivity index (χ2v) is 8.47. The van der Waals surface area contributed by atoms with Crippen molar-refractivity contribution in [1.29, 1.82) is 0 Å². The quantitative estimate of drug-likeness (QED) is 0.808. The third kappa shape index (κ3) is 3.13. The van der Waals surface area contributed by atoms with Gasteiger partial charge in [0.05, 0.1) is 13.1 Å². The summed E-state index contributed by atoms with van der Waals surface area (Å²) in [5, 5.41) is 13.3. The lowest BCUT2D eigenvalue weighted by atomic mass is 10.0. The lowest BCUT2D eigenvalue weighted by molar-refractivity contribution is -0.134. The standard InChI is InChI=1S/C20H28N6O2/c1-2-25-9-7-16(23-25)19-22-21-17-12-28-20(14-26(17)19)8-10-24(13-20)18(27)11-15-5-3-4-6-15/h7,9,15H,2-6,8,10-14H2,1H3. The van der Waals surface area contributed by atoms with Crippen molar-refractivity contribution >= 4 is 5.91 Å². The largest absolute Gasteiger partial charge is 0.363 e. The molecule has 2 aliphatic heterocycles. The molecule has 150 valence electrons. The number of amides is 1. The molecule has 2 fully saturated rings. The highest BCUT2D eigenvalue weighted by Gasteiger charge is 2.45. The summed E-state index contributed by atoms with van der Waals surface area (Å²) in [5.41, 5.74) is 0.507. The highest BCUT2D eigenvalue weighted by molar-refractivity contribution is 5.77. The summed E-state index contributed by atoms with van der Waals surface area (Å²) in [6, 6.07) is 1.98. The number of aromatic nitrogens is 5. The number of nitrogens with zero attached hydrogens (tertiary/aromatic N) is 6. The van der Waals surface area contributed by atoms with Gasteiger partial charge >= 0.3 is 0 Å². The van der Waals surface area contributed by atoms with Crippen LogP contribution >= 0.6 is 0 Å². The molecule has 1 amide bonds. The lowest BCUT2D eigenvalue weighted by Crippen LogP contribution is -2.45. The van der Waals surface area contributed by atoms with Crippen LogP contribution in [0.5, 0.6) is 0 Å². The highest BCUT2D eigenvalue weighted by atomic mass is 16.5. The predicted molar refractivity (Wildman–Crippen MR) is 102 cm³/mol. The molecule has 0 N–H and O–H groups in total. The van der Waals surface area contributed by atoms with Crippen LogP contribution in [0.1, 0.15) is 51.3 Å². The zero-order valence-electron chi connectivity index (χ0n) is 16.5. The summed E-state index contributed by atoms with van der Waals surface area (Å²) in [5.74, 6) is 2.51. The molecule has 2 aromatic rings. The summed E-state index contributed by atoms with van der Waals surface area (Å²) in [6.45, 7) is 5.45. The molecule has 1 saturated carbocycles. The molecule has 1 spiro atoms. The molecule has 3 aliphatic rings. The Bertz CT molecular complexity index is 868. The second kappa shape index (κ2) is 6.99. The van der Waals surface area contributed by atoms with Crippen molar-refractivity contribution in [3.63, 3.8) is 0 Å². The molecular formula is C20H28N6O2. The van der Waals surface area contributed by atoms with Gasteiger partial charge in [-0.3, -0.25) is 9.48 Å². The van der Waals surface area contributed by atoms with Crippen molar-refractivity contribution in [3.8, 4) is 11.5 Å². The Labute approximate surface area is 164 Å². The van der Waals surface area contributed by atoms with Gasteiger partial charge in [-0.1, -0.05) is 12.8 Å². The maximum absolute atomic E-state index is 12.8. The average molecular weight is 384 g/mol. The first kappa shape index (κ1) is 17.8. The van der Waals surface area contributed by atoms with Gasteiger partial charge in [0.1, 0.15) is 17.9 Å². The fourth-order valence-corrected chi connectivity index (χ4v) is 4.90. The van der Waals surface area contributed by atoms with Crippen LogP contribution in [0.3, 0.4) is 0 Å². The molecule has 1 saturated heterocycles. The number of ether oxygens (including phenoxy) is 1. The minimum atomic E-state index is -0.331. The molecule has 8 heteroatoms. The first-order valence-corrected chi connectivity index (χ1v) is 10.5. The molecule has 0 radical (unpaired) electrons. The minimum Gasteiger partial charge on any atom is -0.363 e. The van der Waals surface area contributed by atoms with E-state index >= 15 is 0 Å². The van der Waals surface area contributed by atoms with E-state index in [1.54, 1.807) is 0 Å². The van der Waals surface area contributed by atoms with Gasteiger partial charge in [-0.15, -0.1) is 10.2 Å². The van der Waals surface area contributed by atoms with E-state index in [-0.39, 0.29) is 5.60 Å². The molecular weight excluding hydrogens is 356 g/mol. The van der Waals surface area contributed by atoms with E-state index in [0.717, 1.165) is 36.9 Å². The summed E-state index contributed by atoms with van der Waals surface area (Å²) < 4.78 is 10.3. The van der Waals surface area contributed by atoms with E-state index in [1.165, 1.54) is 25.7 Å². The zero-order chi connectivity index (χ0) is 19.1. The van der Waals surface area contributed by atoms with Crippen molar-refractivity contribution in [3.05, 3.63) is 18.1 Å². The zero-order valence-corrected chi connectivity index (χ0v) is 16.5. The molecule has 1 aliphatic carbocycles. The Hall–Kier alpha value is -2.22. The molecule has 1 unspecified atom stereocenters. The monoisotopic (exact) mass is 384 g/mol. The SMILES string of the molecule is CCn1ccc(-c2nnc3n2CC2(CCN(C(=O)CC4CCCC4)C2)OC3)n1. The fourth-order valence-electron chi connectivity index (χ4n) is 4.90. The van der Waals surface area contributed by atoms with E-state index < -0.39 is 0 Å². The van der Waals surface area contributed by atoms with E-state index in [1.807, 2.05) is 21.8 Å². The molecule has 2 aromatic heterocycles. The topological polar surface area (TPSA) is 78.1 Å². The Morgan fingerprint density at radius 3 is 2.93 bits per heavy atom. The summed E-state index contributed by atoms with van der Waals surface area (Å²) >= 11 is 0. The number of carbonyl (C=O) groups excluding carboxylic acids is 1. The van der Waals surface area contributed by atoms with Crippen LogP contribution in [0.4, 0.5) is 0 Å². The van der Waals surface area contributed by atoms with Gasteiger partial charge in [-0.05, 0) is 38.2 Å². The average Bonchev–Trinajstić information content (AvgIpc) is 3.48. The number of likely N-dealkylation sites (tertiary alicyclic amines) is 1. The van der Waals surface area contributed by atoms with E-state index in [9.17, 15) is 4.79 Å². The van der Waals surface area contributed by atoms with E-state index in [2.05, 4.69) is 26.8 Å². The van der Waals surface area contributed by atoms with E-state index in [0.29, 0.717) is 37.9 Å². The third-order valence-electron chi connectivity index (χ3n) is 6.58. The summed E-state index contributed by atoms with van der Waals surface area (Å²) in [6.07, 6.45) is 8.50. The maximum atomic E-state index is 12.8. The fraction of sp³-hybridized carbons (Fsp3) is 0.700. The van der Waals surface area contributed by atoms with Gasteiger partial charge in [0, 0.05) is 25.7 Å². The first-order chi connectivity index (χ1) is 13.7. The Balaban J connectivity index is 1.31. The van der Waals surface area contributed by atoms with Crippen molar-refractivity contribution in [2.24, 2.45) is 5.92 Å². The first-order valence-electron chi connectivity index (χ1n) is 10.5. The number of rotatable bonds is 4. The van der Waals surface area contributed by atoms with Gasteiger partial charge in [0.15, 0.2) is 11.6 Å². The highest BCUT2D eigenvalue weighted by Crippen LogP contribution is 2.35. The molecule has 5 rings (SSSR count). The van der Waals surface area contributed by atoms with Gasteiger partial charge in [-0.25, -0.2) is 0 Å². The molecule has 4 heterocycles. The van der Waals surface area contributed by atoms with Crippen LogP contribution < -0.4 is 0 Å². The number of fused-ring (bicyclic) bond motifs is 1. The summed E-state index contributed by atoms with van der Waals surface area (Å²) in [7, 11) is 0. The molecule has 1 atom stereocenters. The Kier molecular flexibility index (Phi) is 4.45. The third-order valence-corrected chi connectivity index (χ3v) is 6.58. The van der Waals surface area contributed by atoms with Crippen LogP contribution in [0.2, 0.25) is 0 Å². The molecule has 0 bridgehead atoms. The van der Waals surface area contributed by atoms with Gasteiger partial charge in [0.25, 0.3) is 0 Å². The number of carbonyl (C=O) groups is 1. The van der Waals surface area contributed by atoms with Crippen LogP contribution in [0.15, 0.2) is 12.3 Å². The minimum absolute atomic E-state index is 0.295. The molecule has 0 aromatic carbocycles. The van der Waals surface area contributed by atoms with E-state index in [4.69, 9.17) is 4.74 Å². The van der Waals surface area contributed by atoms with Gasteiger partial charge in [0.2, 0.25) is 5.91 Å². The maximum Gasteiger partial charge on any atom is 0.222 e. The second-order valence-electron chi connectivity index (χ2n) is 8.47. The van der Waals surface area contributed by atoms with Crippen molar-refractivity contribution < 1.29 is 9.53 Å². The number of hydrogen-bond acceptors (Lipinski definition) is 5. The summed E-state index contributed by atoms with van der Waals surface area (Å²) in [4.78, 5) is 14.8. The van der Waals surface area contributed by atoms with Crippen molar-refractivity contribution in [1.82, 2.24) is 29.4 Å². The molecule has 28 heavy (non-hydrogen) atoms. The van der Waals surface area contributed by atoms with Gasteiger partial charge in [-0.2, -0.15) is 5.10 Å². The predicted octanol–water partition coefficient (Wildman–Crippen LogP) is 2.24. The number of hydrogen-bond donors (Lipinski definition) is 0. The van der Waals surface area contributed by atoms with Crippen LogP contribution in [-0.4, -0.2) is 54.0 Å². The Morgan fingerprint density at radius 2 is 2.14 bits per heavy atom.